The molecule has 4 rings (SSSR count). The van der Waals surface area contributed by atoms with Gasteiger partial charge in [-0.3, -0.25) is 19.3 Å². The Morgan fingerprint density at radius 2 is 1.95 bits per heavy atom. The molecule has 1 aromatic carbocycles. The van der Waals surface area contributed by atoms with Crippen molar-refractivity contribution in [1.82, 2.24) is 15.1 Å². The number of carbonyl (C=O) groups is 3. The number of aliphatic hydroxyl groups is 2. The van der Waals surface area contributed by atoms with E-state index in [9.17, 15) is 24.6 Å². The summed E-state index contributed by atoms with van der Waals surface area (Å²) in [6.07, 6.45) is 5.70. The van der Waals surface area contributed by atoms with E-state index in [1.54, 1.807) is 23.1 Å². The van der Waals surface area contributed by atoms with E-state index in [2.05, 4.69) is 17.1 Å². The monoisotopic (exact) mass is 587 g/mol. The number of aldehydes is 1. The van der Waals surface area contributed by atoms with Gasteiger partial charge in [0.15, 0.2) is 11.5 Å². The topological polar surface area (TPSA) is 138 Å². The van der Waals surface area contributed by atoms with Crippen molar-refractivity contribution in [3.63, 3.8) is 0 Å². The van der Waals surface area contributed by atoms with Crippen LogP contribution in [0.3, 0.4) is 0 Å². The Morgan fingerprint density at radius 3 is 2.64 bits per heavy atom. The van der Waals surface area contributed by atoms with Crippen LogP contribution in [-0.2, 0) is 14.3 Å². The lowest BCUT2D eigenvalue weighted by atomic mass is 9.77. The van der Waals surface area contributed by atoms with E-state index in [4.69, 9.17) is 14.2 Å². The van der Waals surface area contributed by atoms with Gasteiger partial charge in [0.25, 0.3) is 0 Å². The van der Waals surface area contributed by atoms with Crippen LogP contribution in [0.2, 0.25) is 0 Å². The first-order valence-corrected chi connectivity index (χ1v) is 15.2. The van der Waals surface area contributed by atoms with Crippen LogP contribution in [0.1, 0.15) is 67.3 Å². The van der Waals surface area contributed by atoms with Crippen LogP contribution in [0, 0.1) is 0 Å². The number of benzene rings is 1. The van der Waals surface area contributed by atoms with E-state index in [1.165, 1.54) is 7.11 Å². The summed E-state index contributed by atoms with van der Waals surface area (Å²) in [5, 5.41) is 23.9. The first-order valence-electron chi connectivity index (χ1n) is 15.2. The van der Waals surface area contributed by atoms with Crippen molar-refractivity contribution in [3.05, 3.63) is 34.9 Å². The molecule has 0 aromatic heterocycles. The van der Waals surface area contributed by atoms with Crippen molar-refractivity contribution >= 4 is 18.1 Å². The maximum Gasteiger partial charge on any atom is 0.247 e. The Morgan fingerprint density at radius 1 is 1.19 bits per heavy atom. The summed E-state index contributed by atoms with van der Waals surface area (Å²) in [4.78, 5) is 42.8. The quantitative estimate of drug-likeness (QED) is 0.207. The summed E-state index contributed by atoms with van der Waals surface area (Å²) in [6, 6.07) is 2.39. The number of rotatable bonds is 15. The van der Waals surface area contributed by atoms with Gasteiger partial charge in [-0.15, -0.1) is 0 Å². The van der Waals surface area contributed by atoms with Crippen LogP contribution in [0.5, 0.6) is 11.5 Å². The summed E-state index contributed by atoms with van der Waals surface area (Å²) < 4.78 is 17.3. The van der Waals surface area contributed by atoms with Crippen molar-refractivity contribution in [2.45, 2.75) is 69.6 Å². The van der Waals surface area contributed by atoms with Gasteiger partial charge < -0.3 is 34.6 Å². The van der Waals surface area contributed by atoms with Gasteiger partial charge in [0.05, 0.1) is 38.9 Å². The van der Waals surface area contributed by atoms with E-state index < -0.39 is 30.1 Å². The third kappa shape index (κ3) is 7.31. The molecular formula is C31H45N3O8. The van der Waals surface area contributed by atoms with Gasteiger partial charge in [-0.2, -0.15) is 0 Å². The molecule has 1 aromatic rings. The van der Waals surface area contributed by atoms with E-state index >= 15 is 0 Å². The molecule has 1 fully saturated rings. The van der Waals surface area contributed by atoms with Crippen LogP contribution in [0.15, 0.2) is 23.8 Å². The Bertz CT molecular complexity index is 1120. The zero-order valence-electron chi connectivity index (χ0n) is 24.8. The molecule has 0 bridgehead atoms. The van der Waals surface area contributed by atoms with Gasteiger partial charge in [-0.05, 0) is 24.6 Å². The standard InChI is InChI=1S/C31H45N3O8/c1-3-4-5-6-7-8-26(37)34(11-10-33-12-15-41-16-13-33)24-19-23(31(39)32-9-14-35)27-22-17-21(20-36)18-25(40-2)29(22)42-30(27)28(24)38/h17-20,24,27-28,30,35,38H,3-16H2,1-2H3,(H,32,39). The maximum absolute atomic E-state index is 13.7. The highest BCUT2D eigenvalue weighted by Crippen LogP contribution is 2.51. The first kappa shape index (κ1) is 31.9. The molecule has 4 atom stereocenters. The summed E-state index contributed by atoms with van der Waals surface area (Å²) in [6.45, 7) is 5.73. The molecule has 2 aliphatic heterocycles. The second-order valence-electron chi connectivity index (χ2n) is 11.1. The molecular weight excluding hydrogens is 542 g/mol. The SMILES string of the molecule is CCCCCCCC(=O)N(CCN1CCOCC1)C1C=C(C(=O)NCCO)C2c3cc(C=O)cc(OC)c3OC2C1O. The van der Waals surface area contributed by atoms with Gasteiger partial charge >= 0.3 is 0 Å². The van der Waals surface area contributed by atoms with Gasteiger partial charge in [0.2, 0.25) is 11.8 Å². The molecule has 3 N–H and O–H groups in total. The highest BCUT2D eigenvalue weighted by molar-refractivity contribution is 5.96. The summed E-state index contributed by atoms with van der Waals surface area (Å²) in [5.74, 6) is -0.507. The van der Waals surface area contributed by atoms with Crippen LogP contribution in [-0.4, -0.2) is 116 Å². The Kier molecular flexibility index (Phi) is 11.8. The predicted molar refractivity (Wildman–Crippen MR) is 156 cm³/mol. The van der Waals surface area contributed by atoms with Crippen molar-refractivity contribution in [3.8, 4) is 11.5 Å². The number of nitrogens with one attached hydrogen (secondary N) is 1. The van der Waals surface area contributed by atoms with E-state index in [0.717, 1.165) is 45.2 Å². The molecule has 2 heterocycles. The third-order valence-electron chi connectivity index (χ3n) is 8.35. The highest BCUT2D eigenvalue weighted by Gasteiger charge is 2.51. The van der Waals surface area contributed by atoms with Gasteiger partial charge in [-0.25, -0.2) is 0 Å². The molecule has 1 aliphatic carbocycles. The summed E-state index contributed by atoms with van der Waals surface area (Å²) in [7, 11) is 1.46. The van der Waals surface area contributed by atoms with Crippen LogP contribution in [0.25, 0.3) is 0 Å². The number of amides is 2. The molecule has 1 saturated heterocycles. The van der Waals surface area contributed by atoms with Crippen LogP contribution in [0.4, 0.5) is 0 Å². The average Bonchev–Trinajstić information content (AvgIpc) is 3.40. The van der Waals surface area contributed by atoms with Crippen molar-refractivity contribution in [2.75, 3.05) is 59.7 Å². The molecule has 0 saturated carbocycles. The second kappa shape index (κ2) is 15.5. The zero-order valence-corrected chi connectivity index (χ0v) is 24.8. The van der Waals surface area contributed by atoms with Gasteiger partial charge in [0.1, 0.15) is 18.5 Å². The number of methoxy groups -OCH3 is 1. The highest BCUT2D eigenvalue weighted by atomic mass is 16.5. The van der Waals surface area contributed by atoms with Crippen molar-refractivity contribution in [2.24, 2.45) is 0 Å². The Hall–Kier alpha value is -2.99. The lowest BCUT2D eigenvalue weighted by Crippen LogP contribution is -2.57. The average molecular weight is 588 g/mol. The largest absolute Gasteiger partial charge is 0.493 e. The molecule has 11 heteroatoms. The molecule has 3 aliphatic rings. The lowest BCUT2D eigenvalue weighted by Gasteiger charge is -2.41. The fourth-order valence-corrected chi connectivity index (χ4v) is 6.10. The van der Waals surface area contributed by atoms with E-state index in [1.807, 2.05) is 0 Å². The number of fused-ring (bicyclic) bond motifs is 3. The first-order chi connectivity index (χ1) is 20.4. The molecule has 4 unspecified atom stereocenters. The zero-order chi connectivity index (χ0) is 30.1. The van der Waals surface area contributed by atoms with Crippen molar-refractivity contribution in [1.29, 1.82) is 0 Å². The lowest BCUT2D eigenvalue weighted by molar-refractivity contribution is -0.137. The number of ether oxygens (including phenoxy) is 3. The minimum atomic E-state index is -1.14. The summed E-state index contributed by atoms with van der Waals surface area (Å²) in [5.41, 5.74) is 1.23. The summed E-state index contributed by atoms with van der Waals surface area (Å²) >= 11 is 0. The molecule has 0 spiro atoms. The van der Waals surface area contributed by atoms with E-state index in [-0.39, 0.29) is 19.1 Å². The molecule has 0 radical (unpaired) electrons. The minimum Gasteiger partial charge on any atom is -0.493 e. The predicted octanol–water partition coefficient (Wildman–Crippen LogP) is 1.65. The number of nitrogens with zero attached hydrogens (tertiary/aromatic N) is 2. The number of hydrogen-bond acceptors (Lipinski definition) is 9. The van der Waals surface area contributed by atoms with Crippen molar-refractivity contribution < 1.29 is 38.8 Å². The molecule has 232 valence electrons. The van der Waals surface area contributed by atoms with Crippen LogP contribution >= 0.6 is 0 Å². The molecule has 11 nitrogen and oxygen atoms in total. The molecule has 42 heavy (non-hydrogen) atoms. The normalized spacial score (nSPS) is 23.3. The van der Waals surface area contributed by atoms with Gasteiger partial charge in [-0.1, -0.05) is 32.6 Å². The Balaban J connectivity index is 1.68. The fraction of sp³-hybridized carbons (Fsp3) is 0.645. The van der Waals surface area contributed by atoms with Crippen LogP contribution < -0.4 is 14.8 Å². The van der Waals surface area contributed by atoms with Gasteiger partial charge in [0, 0.05) is 55.8 Å². The number of morpholine rings is 1. The van der Waals surface area contributed by atoms with E-state index in [0.29, 0.717) is 67.2 Å². The smallest absolute Gasteiger partial charge is 0.247 e. The number of unbranched alkanes of at least 4 members (excludes halogenated alkanes) is 4. The maximum atomic E-state index is 13.7. The Labute approximate surface area is 247 Å². The number of carbonyl (C=O) groups excluding carboxylic acids is 3. The second-order valence-corrected chi connectivity index (χ2v) is 11.1. The number of aliphatic hydroxyl groups excluding tert-OH is 2. The number of hydrogen-bond donors (Lipinski definition) is 3. The minimum absolute atomic E-state index is 0.0453. The molecule has 2 amide bonds. The third-order valence-corrected chi connectivity index (χ3v) is 8.35. The fourth-order valence-electron chi connectivity index (χ4n) is 6.10.